The normalized spacial score (nSPS) is 18.7. The summed E-state index contributed by atoms with van der Waals surface area (Å²) in [5.41, 5.74) is 1.59. The molecule has 1 aromatic carbocycles. The molecule has 0 aliphatic carbocycles. The molecule has 2 heteroatoms. The zero-order valence-electron chi connectivity index (χ0n) is 13.7. The Labute approximate surface area is 135 Å². The van der Waals surface area contributed by atoms with E-state index in [4.69, 9.17) is 0 Å². The number of hydrogen-bond acceptors (Lipinski definition) is 2. The SMILES string of the molecule is CCCCCCCC(NCCC)C1CSc2ccccc21. The summed E-state index contributed by atoms with van der Waals surface area (Å²) in [6.45, 7) is 5.71. The topological polar surface area (TPSA) is 12.0 Å². The van der Waals surface area contributed by atoms with Crippen molar-refractivity contribution < 1.29 is 0 Å². The van der Waals surface area contributed by atoms with Crippen LogP contribution in [0.25, 0.3) is 0 Å². The summed E-state index contributed by atoms with van der Waals surface area (Å²) in [5.74, 6) is 1.97. The van der Waals surface area contributed by atoms with E-state index >= 15 is 0 Å². The minimum Gasteiger partial charge on any atom is -0.313 e. The number of rotatable bonds is 10. The predicted molar refractivity (Wildman–Crippen MR) is 95.4 cm³/mol. The smallest absolute Gasteiger partial charge is 0.0144 e. The molecule has 1 aliphatic rings. The van der Waals surface area contributed by atoms with Crippen LogP contribution < -0.4 is 5.32 Å². The lowest BCUT2D eigenvalue weighted by atomic mass is 9.89. The van der Waals surface area contributed by atoms with Crippen molar-refractivity contribution in [3.8, 4) is 0 Å². The Morgan fingerprint density at radius 3 is 2.71 bits per heavy atom. The monoisotopic (exact) mass is 305 g/mol. The van der Waals surface area contributed by atoms with Gasteiger partial charge in [0.2, 0.25) is 0 Å². The standard InChI is InChI=1S/C19H31NS/c1-3-5-6-7-8-12-18(20-14-4-2)17-15-21-19-13-10-9-11-16(17)19/h9-11,13,17-18,20H,3-8,12,14-15H2,1-2H3. The highest BCUT2D eigenvalue weighted by Gasteiger charge is 2.29. The van der Waals surface area contributed by atoms with E-state index in [-0.39, 0.29) is 0 Å². The number of thioether (sulfide) groups is 1. The summed E-state index contributed by atoms with van der Waals surface area (Å²) >= 11 is 2.05. The van der Waals surface area contributed by atoms with Crippen LogP contribution in [0.2, 0.25) is 0 Å². The van der Waals surface area contributed by atoms with Crippen LogP contribution in [-0.4, -0.2) is 18.3 Å². The highest BCUT2D eigenvalue weighted by molar-refractivity contribution is 7.99. The first-order valence-corrected chi connectivity index (χ1v) is 9.80. The first kappa shape index (κ1) is 16.9. The van der Waals surface area contributed by atoms with Gasteiger partial charge in [-0.3, -0.25) is 0 Å². The van der Waals surface area contributed by atoms with Crippen molar-refractivity contribution in [3.63, 3.8) is 0 Å². The molecule has 0 bridgehead atoms. The molecular formula is C19H31NS. The van der Waals surface area contributed by atoms with Gasteiger partial charge >= 0.3 is 0 Å². The maximum Gasteiger partial charge on any atom is 0.0144 e. The summed E-state index contributed by atoms with van der Waals surface area (Å²) in [6, 6.07) is 9.68. The van der Waals surface area contributed by atoms with E-state index < -0.39 is 0 Å². The Morgan fingerprint density at radius 1 is 1.10 bits per heavy atom. The summed E-state index contributed by atoms with van der Waals surface area (Å²) in [7, 11) is 0. The van der Waals surface area contributed by atoms with Crippen molar-refractivity contribution in [2.24, 2.45) is 0 Å². The van der Waals surface area contributed by atoms with Gasteiger partial charge in [-0.25, -0.2) is 0 Å². The van der Waals surface area contributed by atoms with Crippen molar-refractivity contribution in [2.75, 3.05) is 12.3 Å². The Balaban J connectivity index is 1.90. The molecule has 0 amide bonds. The summed E-state index contributed by atoms with van der Waals surface area (Å²) in [6.07, 6.45) is 9.49. The van der Waals surface area contributed by atoms with E-state index in [1.807, 2.05) is 11.8 Å². The Kier molecular flexibility index (Phi) is 7.66. The Bertz CT molecular complexity index is 404. The van der Waals surface area contributed by atoms with Crippen LogP contribution >= 0.6 is 11.8 Å². The number of benzene rings is 1. The fourth-order valence-electron chi connectivity index (χ4n) is 3.26. The van der Waals surface area contributed by atoms with Crippen molar-refractivity contribution in [1.82, 2.24) is 5.32 Å². The van der Waals surface area contributed by atoms with Gasteiger partial charge in [0, 0.05) is 22.6 Å². The van der Waals surface area contributed by atoms with Gasteiger partial charge in [0.05, 0.1) is 0 Å². The lowest BCUT2D eigenvalue weighted by molar-refractivity contribution is 0.410. The van der Waals surface area contributed by atoms with E-state index in [1.54, 1.807) is 5.56 Å². The van der Waals surface area contributed by atoms with Crippen molar-refractivity contribution >= 4 is 11.8 Å². The highest BCUT2D eigenvalue weighted by atomic mass is 32.2. The van der Waals surface area contributed by atoms with Gasteiger partial charge in [0.1, 0.15) is 0 Å². The fraction of sp³-hybridized carbons (Fsp3) is 0.684. The fourth-order valence-corrected chi connectivity index (χ4v) is 4.60. The first-order chi connectivity index (χ1) is 10.4. The Hall–Kier alpha value is -0.470. The van der Waals surface area contributed by atoms with Crippen LogP contribution in [0.3, 0.4) is 0 Å². The highest BCUT2D eigenvalue weighted by Crippen LogP contribution is 2.42. The third-order valence-corrected chi connectivity index (χ3v) is 5.71. The third-order valence-electron chi connectivity index (χ3n) is 4.50. The maximum absolute atomic E-state index is 3.83. The van der Waals surface area contributed by atoms with Crippen LogP contribution in [-0.2, 0) is 0 Å². The van der Waals surface area contributed by atoms with E-state index in [9.17, 15) is 0 Å². The Morgan fingerprint density at radius 2 is 1.90 bits per heavy atom. The van der Waals surface area contributed by atoms with Crippen molar-refractivity contribution in [1.29, 1.82) is 0 Å². The molecule has 0 saturated heterocycles. The second-order valence-corrected chi connectivity index (χ2v) is 7.28. The zero-order chi connectivity index (χ0) is 14.9. The van der Waals surface area contributed by atoms with Crippen LogP contribution in [0.15, 0.2) is 29.2 Å². The quantitative estimate of drug-likeness (QED) is 0.564. The van der Waals surface area contributed by atoms with E-state index in [0.717, 1.165) is 6.54 Å². The second-order valence-electron chi connectivity index (χ2n) is 6.22. The molecule has 2 atom stereocenters. The lowest BCUT2D eigenvalue weighted by Crippen LogP contribution is -2.35. The van der Waals surface area contributed by atoms with Crippen LogP contribution in [0.1, 0.15) is 70.3 Å². The summed E-state index contributed by atoms with van der Waals surface area (Å²) in [5, 5.41) is 3.83. The van der Waals surface area contributed by atoms with Gasteiger partial charge in [0.25, 0.3) is 0 Å². The van der Waals surface area contributed by atoms with Crippen LogP contribution in [0, 0.1) is 0 Å². The van der Waals surface area contributed by atoms with Crippen LogP contribution in [0.5, 0.6) is 0 Å². The van der Waals surface area contributed by atoms with Gasteiger partial charge < -0.3 is 5.32 Å². The molecule has 0 saturated carbocycles. The molecule has 2 rings (SSSR count). The number of unbranched alkanes of at least 4 members (excludes halogenated alkanes) is 4. The van der Waals surface area contributed by atoms with Gasteiger partial charge in [-0.05, 0) is 31.0 Å². The summed E-state index contributed by atoms with van der Waals surface area (Å²) < 4.78 is 0. The summed E-state index contributed by atoms with van der Waals surface area (Å²) in [4.78, 5) is 1.51. The molecule has 0 fully saturated rings. The minimum absolute atomic E-state index is 0.669. The van der Waals surface area contributed by atoms with Crippen molar-refractivity contribution in [3.05, 3.63) is 29.8 Å². The maximum atomic E-state index is 3.83. The third kappa shape index (κ3) is 5.03. The van der Waals surface area contributed by atoms with E-state index in [0.29, 0.717) is 12.0 Å². The number of hydrogen-bond donors (Lipinski definition) is 1. The van der Waals surface area contributed by atoms with Crippen LogP contribution in [0.4, 0.5) is 0 Å². The largest absolute Gasteiger partial charge is 0.313 e. The minimum atomic E-state index is 0.669. The molecular weight excluding hydrogens is 274 g/mol. The molecule has 1 nitrogen and oxygen atoms in total. The van der Waals surface area contributed by atoms with Gasteiger partial charge in [-0.15, -0.1) is 11.8 Å². The lowest BCUT2D eigenvalue weighted by Gasteiger charge is -2.25. The average Bonchev–Trinajstić information content (AvgIpc) is 2.94. The predicted octanol–water partition coefficient (Wildman–Crippen LogP) is 5.60. The molecule has 0 spiro atoms. The zero-order valence-corrected chi connectivity index (χ0v) is 14.6. The molecule has 1 aliphatic heterocycles. The van der Waals surface area contributed by atoms with Gasteiger partial charge in [-0.1, -0.05) is 64.2 Å². The van der Waals surface area contributed by atoms with Gasteiger partial charge in [0.15, 0.2) is 0 Å². The molecule has 1 N–H and O–H groups in total. The molecule has 2 unspecified atom stereocenters. The number of fused-ring (bicyclic) bond motifs is 1. The second kappa shape index (κ2) is 9.53. The molecule has 21 heavy (non-hydrogen) atoms. The van der Waals surface area contributed by atoms with Gasteiger partial charge in [-0.2, -0.15) is 0 Å². The average molecular weight is 306 g/mol. The number of nitrogens with one attached hydrogen (secondary N) is 1. The molecule has 1 aromatic rings. The molecule has 1 heterocycles. The molecule has 0 radical (unpaired) electrons. The van der Waals surface area contributed by atoms with E-state index in [2.05, 4.69) is 43.4 Å². The van der Waals surface area contributed by atoms with Crippen molar-refractivity contribution in [2.45, 2.75) is 75.6 Å². The molecule has 0 aromatic heterocycles. The molecule has 118 valence electrons. The first-order valence-electron chi connectivity index (χ1n) is 8.82. The van der Waals surface area contributed by atoms with E-state index in [1.165, 1.54) is 55.6 Å².